The van der Waals surface area contributed by atoms with Crippen molar-refractivity contribution in [2.45, 2.75) is 76.4 Å². The van der Waals surface area contributed by atoms with Crippen LogP contribution in [0.3, 0.4) is 0 Å². The van der Waals surface area contributed by atoms with E-state index in [1.165, 1.54) is 56.4 Å². The number of carbonyl (C=O) groups is 1. The lowest BCUT2D eigenvalue weighted by atomic mass is 9.92. The summed E-state index contributed by atoms with van der Waals surface area (Å²) in [5.74, 6) is 0.0910. The highest BCUT2D eigenvalue weighted by Gasteiger charge is 2.33. The molecule has 1 saturated heterocycles. The van der Waals surface area contributed by atoms with Crippen LogP contribution in [0.5, 0.6) is 0 Å². The Kier molecular flexibility index (Phi) is 6.09. The van der Waals surface area contributed by atoms with E-state index in [0.717, 1.165) is 43.5 Å². The first-order chi connectivity index (χ1) is 15.6. The van der Waals surface area contributed by atoms with Gasteiger partial charge in [0, 0.05) is 37.7 Å². The number of piperidine rings is 1. The topological polar surface area (TPSA) is 69.3 Å². The lowest BCUT2D eigenvalue weighted by Gasteiger charge is -2.38. The first-order valence-corrected chi connectivity index (χ1v) is 12.0. The Bertz CT molecular complexity index is 1030. The number of likely N-dealkylation sites (tertiary alicyclic amines) is 1. The largest absolute Gasteiger partial charge is 0.328 e. The van der Waals surface area contributed by atoms with Crippen molar-refractivity contribution in [2.75, 3.05) is 13.1 Å². The van der Waals surface area contributed by atoms with Crippen molar-refractivity contribution in [3.05, 3.63) is 63.1 Å². The van der Waals surface area contributed by atoms with Crippen LogP contribution < -0.4 is 5.56 Å². The molecule has 0 unspecified atom stereocenters. The number of nitrogens with one attached hydrogen (secondary N) is 1. The van der Waals surface area contributed by atoms with Gasteiger partial charge in [0.1, 0.15) is 11.6 Å². The Labute approximate surface area is 187 Å². The Morgan fingerprint density at radius 2 is 1.75 bits per heavy atom. The van der Waals surface area contributed by atoms with Gasteiger partial charge < -0.3 is 9.88 Å². The lowest BCUT2D eigenvalue weighted by molar-refractivity contribution is 0.0598. The number of aromatic amines is 1. The summed E-state index contributed by atoms with van der Waals surface area (Å²) in [5.41, 5.74) is 2.07. The van der Waals surface area contributed by atoms with E-state index < -0.39 is 0 Å². The maximum Gasteiger partial charge on any atom is 0.255 e. The molecule has 1 amide bonds. The van der Waals surface area contributed by atoms with Crippen LogP contribution >= 0.6 is 0 Å². The quantitative estimate of drug-likeness (QED) is 0.787. The normalized spacial score (nSPS) is 22.5. The number of hydrogen-bond donors (Lipinski definition) is 1. The van der Waals surface area contributed by atoms with E-state index in [1.54, 1.807) is 4.90 Å². The molecule has 0 radical (unpaired) electrons. The van der Waals surface area contributed by atoms with Gasteiger partial charge in [-0.1, -0.05) is 19.3 Å². The van der Waals surface area contributed by atoms with Gasteiger partial charge in [0.25, 0.3) is 11.5 Å². The van der Waals surface area contributed by atoms with Crippen LogP contribution in [0.1, 0.15) is 84.8 Å². The minimum absolute atomic E-state index is 0.0646. The van der Waals surface area contributed by atoms with Gasteiger partial charge in [-0.05, 0) is 56.4 Å². The second-order valence-corrected chi connectivity index (χ2v) is 9.41. The fourth-order valence-corrected chi connectivity index (χ4v) is 5.60. The number of benzene rings is 1. The summed E-state index contributed by atoms with van der Waals surface area (Å²) in [6, 6.07) is 5.99. The summed E-state index contributed by atoms with van der Waals surface area (Å²) in [6.07, 6.45) is 9.76. The summed E-state index contributed by atoms with van der Waals surface area (Å²) >= 11 is 0. The molecule has 3 aliphatic rings. The monoisotopic (exact) mass is 438 g/mol. The number of amides is 1. The minimum Gasteiger partial charge on any atom is -0.328 e. The summed E-state index contributed by atoms with van der Waals surface area (Å²) in [7, 11) is 0. The summed E-state index contributed by atoms with van der Waals surface area (Å²) in [6.45, 7) is 2.22. The van der Waals surface area contributed by atoms with Gasteiger partial charge in [0.2, 0.25) is 0 Å². The Morgan fingerprint density at radius 1 is 1.00 bits per heavy atom. The molecule has 5 rings (SSSR count). The van der Waals surface area contributed by atoms with E-state index >= 15 is 0 Å². The number of rotatable bonds is 3. The molecule has 2 aliphatic heterocycles. The van der Waals surface area contributed by atoms with Gasteiger partial charge in [0.15, 0.2) is 0 Å². The van der Waals surface area contributed by atoms with Gasteiger partial charge >= 0.3 is 0 Å². The van der Waals surface area contributed by atoms with Crippen LogP contribution in [-0.2, 0) is 13.0 Å². The predicted molar refractivity (Wildman–Crippen MR) is 120 cm³/mol. The molecule has 0 spiro atoms. The van der Waals surface area contributed by atoms with Crippen molar-refractivity contribution in [1.82, 2.24) is 19.8 Å². The van der Waals surface area contributed by atoms with Gasteiger partial charge in [0.05, 0.1) is 17.3 Å². The molecule has 1 aromatic heterocycles. The molecule has 1 atom stereocenters. The van der Waals surface area contributed by atoms with Crippen molar-refractivity contribution < 1.29 is 9.18 Å². The molecule has 1 aromatic carbocycles. The van der Waals surface area contributed by atoms with Gasteiger partial charge in [-0.15, -0.1) is 0 Å². The summed E-state index contributed by atoms with van der Waals surface area (Å²) in [5, 5.41) is 0. The number of carbonyl (C=O) groups excluding carboxylic acids is 1. The van der Waals surface area contributed by atoms with Crippen LogP contribution in [-0.4, -0.2) is 44.8 Å². The average Bonchev–Trinajstić information content (AvgIpc) is 2.84. The molecule has 1 aliphatic carbocycles. The standard InChI is InChI=1S/C25H31FN4O2/c26-18-11-9-17(10-12-18)25(32)30-14-5-4-8-22(30)23-27-21-13-15-29(16-20(21)24(31)28-23)19-6-2-1-3-7-19/h9-12,19,22H,1-8,13-16H2,(H,27,28,31)/t22-/m1/s1. The molecule has 32 heavy (non-hydrogen) atoms. The minimum atomic E-state index is -0.361. The van der Waals surface area contributed by atoms with E-state index in [4.69, 9.17) is 4.98 Å². The van der Waals surface area contributed by atoms with Crippen LogP contribution in [0.4, 0.5) is 4.39 Å². The van der Waals surface area contributed by atoms with Crippen LogP contribution in [0.2, 0.25) is 0 Å². The van der Waals surface area contributed by atoms with Gasteiger partial charge in [-0.25, -0.2) is 9.37 Å². The third-order valence-electron chi connectivity index (χ3n) is 7.38. The Morgan fingerprint density at radius 3 is 2.53 bits per heavy atom. The predicted octanol–water partition coefficient (Wildman–Crippen LogP) is 3.97. The molecule has 1 N–H and O–H groups in total. The number of halogens is 1. The van der Waals surface area contributed by atoms with Crippen LogP contribution in [0.25, 0.3) is 0 Å². The highest BCUT2D eigenvalue weighted by atomic mass is 19.1. The molecule has 3 heterocycles. The summed E-state index contributed by atoms with van der Waals surface area (Å²) < 4.78 is 13.3. The van der Waals surface area contributed by atoms with E-state index in [0.29, 0.717) is 30.5 Å². The van der Waals surface area contributed by atoms with Gasteiger partial charge in [-0.3, -0.25) is 14.5 Å². The molecule has 2 fully saturated rings. The molecule has 170 valence electrons. The van der Waals surface area contributed by atoms with Crippen molar-refractivity contribution in [2.24, 2.45) is 0 Å². The van der Waals surface area contributed by atoms with Crippen LogP contribution in [0, 0.1) is 5.82 Å². The van der Waals surface area contributed by atoms with Crippen molar-refractivity contribution in [3.8, 4) is 0 Å². The van der Waals surface area contributed by atoms with Gasteiger partial charge in [-0.2, -0.15) is 0 Å². The third kappa shape index (κ3) is 4.22. The fraction of sp³-hybridized carbons (Fsp3) is 0.560. The molecule has 7 heteroatoms. The van der Waals surface area contributed by atoms with E-state index in [1.807, 2.05) is 0 Å². The number of H-pyrrole nitrogens is 1. The van der Waals surface area contributed by atoms with E-state index in [-0.39, 0.29) is 23.3 Å². The van der Waals surface area contributed by atoms with E-state index in [2.05, 4.69) is 9.88 Å². The molecular weight excluding hydrogens is 407 g/mol. The zero-order chi connectivity index (χ0) is 22.1. The SMILES string of the molecule is O=C(c1ccc(F)cc1)N1CCCC[C@@H]1c1nc2c(c(=O)[nH]1)CN(C1CCCCC1)CC2. The lowest BCUT2D eigenvalue weighted by Crippen LogP contribution is -2.44. The molecule has 2 aromatic rings. The number of nitrogens with zero attached hydrogens (tertiary/aromatic N) is 3. The smallest absolute Gasteiger partial charge is 0.255 e. The Balaban J connectivity index is 1.39. The molecule has 6 nitrogen and oxygen atoms in total. The van der Waals surface area contributed by atoms with E-state index in [9.17, 15) is 14.0 Å². The average molecular weight is 439 g/mol. The molecular formula is C25H31FN4O2. The number of fused-ring (bicyclic) bond motifs is 1. The first kappa shape index (κ1) is 21.3. The molecule has 1 saturated carbocycles. The maximum absolute atomic E-state index is 13.3. The second kappa shape index (κ2) is 9.14. The second-order valence-electron chi connectivity index (χ2n) is 9.41. The van der Waals surface area contributed by atoms with Crippen molar-refractivity contribution >= 4 is 5.91 Å². The number of aromatic nitrogens is 2. The maximum atomic E-state index is 13.3. The highest BCUT2D eigenvalue weighted by molar-refractivity contribution is 5.94. The first-order valence-electron chi connectivity index (χ1n) is 12.0. The Hall–Kier alpha value is -2.54. The van der Waals surface area contributed by atoms with Crippen molar-refractivity contribution in [1.29, 1.82) is 0 Å². The van der Waals surface area contributed by atoms with Crippen molar-refractivity contribution in [3.63, 3.8) is 0 Å². The third-order valence-corrected chi connectivity index (χ3v) is 7.38. The summed E-state index contributed by atoms with van der Waals surface area (Å²) in [4.78, 5) is 38.4. The number of hydrogen-bond acceptors (Lipinski definition) is 4. The zero-order valence-corrected chi connectivity index (χ0v) is 18.5. The highest BCUT2D eigenvalue weighted by Crippen LogP contribution is 2.31. The fourth-order valence-electron chi connectivity index (χ4n) is 5.60. The zero-order valence-electron chi connectivity index (χ0n) is 18.5. The van der Waals surface area contributed by atoms with Crippen LogP contribution in [0.15, 0.2) is 29.1 Å². The molecule has 0 bridgehead atoms.